The summed E-state index contributed by atoms with van der Waals surface area (Å²) in [6.45, 7) is 2.22. The Morgan fingerprint density at radius 2 is 2.25 bits per heavy atom. The summed E-state index contributed by atoms with van der Waals surface area (Å²) in [6.07, 6.45) is 4.07. The lowest BCUT2D eigenvalue weighted by molar-refractivity contribution is -0.137. The van der Waals surface area contributed by atoms with Crippen molar-refractivity contribution in [3.63, 3.8) is 0 Å². The average Bonchev–Trinajstić information content (AvgIpc) is 2.45. The van der Waals surface area contributed by atoms with Crippen LogP contribution in [-0.4, -0.2) is 37.7 Å². The Hall–Kier alpha value is -2.50. The number of benzene rings is 1. The summed E-state index contributed by atoms with van der Waals surface area (Å²) in [7, 11) is 1.51. The molecule has 0 aliphatic heterocycles. The van der Waals surface area contributed by atoms with Crippen LogP contribution in [0.4, 0.5) is 0 Å². The Kier molecular flexibility index (Phi) is 6.67. The van der Waals surface area contributed by atoms with Gasteiger partial charge in [-0.1, -0.05) is 11.2 Å². The summed E-state index contributed by atoms with van der Waals surface area (Å²) < 4.78 is 15.4. The quantitative estimate of drug-likeness (QED) is 0.271. The summed E-state index contributed by atoms with van der Waals surface area (Å²) in [4.78, 5) is 11.1. The number of ether oxygens (including phenoxy) is 3. The number of para-hydroxylation sites is 1. The largest absolute Gasteiger partial charge is 0.493 e. The molecular weight excluding hydrogens is 262 g/mol. The summed E-state index contributed by atoms with van der Waals surface area (Å²) in [5.74, 6) is 0.515. The van der Waals surface area contributed by atoms with E-state index in [0.717, 1.165) is 0 Å². The Bertz CT molecular complexity index is 496. The third-order valence-corrected chi connectivity index (χ3v) is 2.29. The third-order valence-electron chi connectivity index (χ3n) is 2.29. The Morgan fingerprint density at radius 3 is 2.90 bits per heavy atom. The van der Waals surface area contributed by atoms with Crippen LogP contribution in [-0.2, 0) is 9.53 Å². The molecule has 1 aromatic rings. The van der Waals surface area contributed by atoms with Gasteiger partial charge in [0.2, 0.25) is 0 Å². The molecule has 0 aliphatic carbocycles. The van der Waals surface area contributed by atoms with Gasteiger partial charge in [-0.15, -0.1) is 0 Å². The molecule has 0 aliphatic rings. The lowest BCUT2D eigenvalue weighted by Gasteiger charge is -2.11. The zero-order valence-corrected chi connectivity index (χ0v) is 11.4. The summed E-state index contributed by atoms with van der Waals surface area (Å²) >= 11 is 0. The Morgan fingerprint density at radius 1 is 1.45 bits per heavy atom. The SMILES string of the molecule is CCOC(=O)C=CCOc1c(C=NO)cccc1OC. The second-order valence-corrected chi connectivity index (χ2v) is 3.59. The number of hydrogen-bond donors (Lipinski definition) is 1. The van der Waals surface area contributed by atoms with E-state index >= 15 is 0 Å². The van der Waals surface area contributed by atoms with Crippen LogP contribution in [0.1, 0.15) is 12.5 Å². The number of methoxy groups -OCH3 is 1. The molecule has 6 heteroatoms. The zero-order chi connectivity index (χ0) is 14.8. The molecule has 0 atom stereocenters. The monoisotopic (exact) mass is 279 g/mol. The normalized spacial score (nSPS) is 10.9. The fraction of sp³-hybridized carbons (Fsp3) is 0.286. The van der Waals surface area contributed by atoms with Gasteiger partial charge >= 0.3 is 5.97 Å². The van der Waals surface area contributed by atoms with Crippen molar-refractivity contribution < 1.29 is 24.2 Å². The molecule has 0 spiro atoms. The van der Waals surface area contributed by atoms with E-state index in [-0.39, 0.29) is 6.61 Å². The predicted molar refractivity (Wildman–Crippen MR) is 73.6 cm³/mol. The van der Waals surface area contributed by atoms with Gasteiger partial charge in [0.15, 0.2) is 11.5 Å². The van der Waals surface area contributed by atoms with Crippen molar-refractivity contribution in [1.82, 2.24) is 0 Å². The van der Waals surface area contributed by atoms with E-state index in [1.165, 1.54) is 25.5 Å². The van der Waals surface area contributed by atoms with E-state index in [0.29, 0.717) is 23.7 Å². The molecule has 6 nitrogen and oxygen atoms in total. The molecule has 20 heavy (non-hydrogen) atoms. The molecule has 0 fully saturated rings. The molecule has 0 saturated heterocycles. The molecule has 1 aromatic carbocycles. The predicted octanol–water partition coefficient (Wildman–Crippen LogP) is 2.00. The minimum Gasteiger partial charge on any atom is -0.493 e. The number of rotatable bonds is 7. The van der Waals surface area contributed by atoms with E-state index < -0.39 is 5.97 Å². The maximum Gasteiger partial charge on any atom is 0.330 e. The van der Waals surface area contributed by atoms with Gasteiger partial charge in [0.25, 0.3) is 0 Å². The number of esters is 1. The van der Waals surface area contributed by atoms with Gasteiger partial charge in [0.05, 0.1) is 19.9 Å². The van der Waals surface area contributed by atoms with E-state index in [9.17, 15) is 4.79 Å². The standard InChI is InChI=1S/C14H17NO5/c1-3-19-13(16)8-5-9-20-14-11(10-15-17)6-4-7-12(14)18-2/h4-8,10,17H,3,9H2,1-2H3. The van der Waals surface area contributed by atoms with Crippen LogP contribution < -0.4 is 9.47 Å². The second kappa shape index (κ2) is 8.58. The number of nitrogens with zero attached hydrogens (tertiary/aromatic N) is 1. The summed E-state index contributed by atoms with van der Waals surface area (Å²) in [5.41, 5.74) is 0.566. The molecule has 1 rings (SSSR count). The van der Waals surface area contributed by atoms with E-state index in [1.807, 2.05) is 0 Å². The van der Waals surface area contributed by atoms with Crippen LogP contribution in [0.25, 0.3) is 0 Å². The van der Waals surface area contributed by atoms with Crippen LogP contribution in [0.15, 0.2) is 35.5 Å². The van der Waals surface area contributed by atoms with Crippen molar-refractivity contribution in [3.05, 3.63) is 35.9 Å². The van der Waals surface area contributed by atoms with Crippen LogP contribution in [0, 0.1) is 0 Å². The molecule has 0 aromatic heterocycles. The first-order valence-electron chi connectivity index (χ1n) is 6.03. The maximum atomic E-state index is 11.1. The van der Waals surface area contributed by atoms with Gasteiger partial charge in [-0.05, 0) is 25.1 Å². The van der Waals surface area contributed by atoms with Gasteiger partial charge in [0, 0.05) is 11.6 Å². The maximum absolute atomic E-state index is 11.1. The lowest BCUT2D eigenvalue weighted by Crippen LogP contribution is -2.03. The van der Waals surface area contributed by atoms with Crippen molar-refractivity contribution in [2.45, 2.75) is 6.92 Å². The van der Waals surface area contributed by atoms with Gasteiger partial charge < -0.3 is 19.4 Å². The fourth-order valence-corrected chi connectivity index (χ4v) is 1.48. The highest BCUT2D eigenvalue weighted by Gasteiger charge is 2.08. The molecule has 1 N–H and O–H groups in total. The van der Waals surface area contributed by atoms with Gasteiger partial charge in [0.1, 0.15) is 6.61 Å². The van der Waals surface area contributed by atoms with Crippen molar-refractivity contribution >= 4 is 12.2 Å². The molecule has 0 heterocycles. The van der Waals surface area contributed by atoms with Gasteiger partial charge in [-0.2, -0.15) is 0 Å². The molecular formula is C14H17NO5. The first kappa shape index (κ1) is 15.6. The average molecular weight is 279 g/mol. The minimum absolute atomic E-state index is 0.158. The topological polar surface area (TPSA) is 77.4 Å². The Labute approximate surface area is 117 Å². The van der Waals surface area contributed by atoms with Crippen molar-refractivity contribution in [2.24, 2.45) is 5.16 Å². The molecule has 0 radical (unpaired) electrons. The van der Waals surface area contributed by atoms with Gasteiger partial charge in [-0.3, -0.25) is 0 Å². The van der Waals surface area contributed by atoms with E-state index in [1.54, 1.807) is 25.1 Å². The smallest absolute Gasteiger partial charge is 0.330 e. The highest BCUT2D eigenvalue weighted by atomic mass is 16.5. The van der Waals surface area contributed by atoms with Crippen molar-refractivity contribution in [3.8, 4) is 11.5 Å². The summed E-state index contributed by atoms with van der Waals surface area (Å²) in [5, 5.41) is 11.6. The van der Waals surface area contributed by atoms with Crippen LogP contribution in [0.2, 0.25) is 0 Å². The van der Waals surface area contributed by atoms with Gasteiger partial charge in [-0.25, -0.2) is 4.79 Å². The van der Waals surface area contributed by atoms with Crippen molar-refractivity contribution in [1.29, 1.82) is 0 Å². The highest BCUT2D eigenvalue weighted by molar-refractivity contribution is 5.84. The number of carbonyl (C=O) groups excluding carboxylic acids is 1. The molecule has 0 saturated carbocycles. The number of oxime groups is 1. The zero-order valence-electron chi connectivity index (χ0n) is 11.4. The molecule has 0 amide bonds. The minimum atomic E-state index is -0.423. The van der Waals surface area contributed by atoms with Crippen molar-refractivity contribution in [2.75, 3.05) is 20.3 Å². The molecule has 108 valence electrons. The third kappa shape index (κ3) is 4.64. The highest BCUT2D eigenvalue weighted by Crippen LogP contribution is 2.29. The number of hydrogen-bond acceptors (Lipinski definition) is 6. The first-order valence-corrected chi connectivity index (χ1v) is 6.03. The molecule has 0 unspecified atom stereocenters. The fourth-order valence-electron chi connectivity index (χ4n) is 1.48. The lowest BCUT2D eigenvalue weighted by atomic mass is 10.2. The van der Waals surface area contributed by atoms with Crippen LogP contribution in [0.3, 0.4) is 0 Å². The van der Waals surface area contributed by atoms with E-state index in [2.05, 4.69) is 5.16 Å². The number of carbonyl (C=O) groups is 1. The Balaban J connectivity index is 2.73. The first-order chi connectivity index (χ1) is 9.72. The molecule has 0 bridgehead atoms. The van der Waals surface area contributed by atoms with Crippen LogP contribution >= 0.6 is 0 Å². The second-order valence-electron chi connectivity index (χ2n) is 3.59. The van der Waals surface area contributed by atoms with Crippen LogP contribution in [0.5, 0.6) is 11.5 Å². The summed E-state index contributed by atoms with van der Waals surface area (Å²) in [6, 6.07) is 5.18. The van der Waals surface area contributed by atoms with E-state index in [4.69, 9.17) is 19.4 Å².